The van der Waals surface area contributed by atoms with Gasteiger partial charge in [0, 0.05) is 32.5 Å². The number of fused-ring (bicyclic) bond motifs is 1. The highest BCUT2D eigenvalue weighted by Crippen LogP contribution is 2.17. The average molecular weight is 385 g/mol. The molecule has 0 saturated carbocycles. The highest BCUT2D eigenvalue weighted by Gasteiger charge is 2.27. The van der Waals surface area contributed by atoms with Crippen molar-refractivity contribution < 1.29 is 14.0 Å². The minimum absolute atomic E-state index is 0.0452. The Labute approximate surface area is 163 Å². The van der Waals surface area contributed by atoms with Crippen LogP contribution in [0, 0.1) is 5.82 Å². The summed E-state index contributed by atoms with van der Waals surface area (Å²) in [7, 11) is 0. The Morgan fingerprint density at radius 2 is 2.00 bits per heavy atom. The summed E-state index contributed by atoms with van der Waals surface area (Å²) < 4.78 is 15.4. The number of carbonyl (C=O) groups excluding carboxylic acids is 2. The molecule has 0 atom stereocenters. The van der Waals surface area contributed by atoms with E-state index in [0.717, 1.165) is 36.5 Å². The Morgan fingerprint density at radius 3 is 2.86 bits per heavy atom. The van der Waals surface area contributed by atoms with Crippen molar-refractivity contribution in [3.63, 3.8) is 0 Å². The monoisotopic (exact) mass is 385 g/mol. The summed E-state index contributed by atoms with van der Waals surface area (Å²) in [6.45, 7) is 2.35. The molecule has 28 heavy (non-hydrogen) atoms. The Bertz CT molecular complexity index is 881. The van der Waals surface area contributed by atoms with Gasteiger partial charge < -0.3 is 14.4 Å². The van der Waals surface area contributed by atoms with E-state index in [2.05, 4.69) is 10.2 Å². The number of rotatable bonds is 4. The van der Waals surface area contributed by atoms with Crippen LogP contribution in [0.5, 0.6) is 0 Å². The van der Waals surface area contributed by atoms with Gasteiger partial charge in [0.05, 0.1) is 13.1 Å². The van der Waals surface area contributed by atoms with Gasteiger partial charge in [-0.2, -0.15) is 0 Å². The lowest BCUT2D eigenvalue weighted by Gasteiger charge is -2.30. The molecule has 2 amide bonds. The number of carbonyl (C=O) groups is 2. The van der Waals surface area contributed by atoms with Crippen LogP contribution in [0.2, 0.25) is 0 Å². The number of nitrogens with zero attached hydrogens (tertiary/aromatic N) is 5. The number of aromatic nitrogens is 3. The number of benzene rings is 1. The Balaban J connectivity index is 1.40. The fourth-order valence-electron chi connectivity index (χ4n) is 3.86. The summed E-state index contributed by atoms with van der Waals surface area (Å²) in [4.78, 5) is 28.3. The predicted molar refractivity (Wildman–Crippen MR) is 99.7 cm³/mol. The first-order chi connectivity index (χ1) is 13.6. The molecule has 0 aliphatic carbocycles. The molecule has 7 nitrogen and oxygen atoms in total. The SMILES string of the molecule is O=C1CCCCCN1CC(=O)N1CCn2c(Cc3cccc(F)c3)nnc2C1. The van der Waals surface area contributed by atoms with Gasteiger partial charge in [-0.15, -0.1) is 10.2 Å². The van der Waals surface area contributed by atoms with E-state index in [1.165, 1.54) is 12.1 Å². The molecule has 1 saturated heterocycles. The standard InChI is InChI=1S/C20H24FN5O2/c21-16-6-4-5-15(11-16)12-17-22-23-18-13-25(9-10-26(17)18)20(28)14-24-8-3-1-2-7-19(24)27/h4-6,11H,1-3,7-10,12-14H2. The van der Waals surface area contributed by atoms with Crippen molar-refractivity contribution in [2.75, 3.05) is 19.6 Å². The van der Waals surface area contributed by atoms with Crippen LogP contribution in [0.1, 0.15) is 42.9 Å². The van der Waals surface area contributed by atoms with Crippen LogP contribution in [-0.2, 0) is 29.1 Å². The van der Waals surface area contributed by atoms with Crippen LogP contribution < -0.4 is 0 Å². The Kier molecular flexibility index (Phi) is 5.36. The minimum Gasteiger partial charge on any atom is -0.333 e. The number of hydrogen-bond donors (Lipinski definition) is 0. The van der Waals surface area contributed by atoms with Crippen molar-refractivity contribution in [2.45, 2.75) is 45.2 Å². The second-order valence-corrected chi connectivity index (χ2v) is 7.43. The molecule has 8 heteroatoms. The quantitative estimate of drug-likeness (QED) is 0.804. The topological polar surface area (TPSA) is 71.3 Å². The first-order valence-corrected chi connectivity index (χ1v) is 9.81. The fourth-order valence-corrected chi connectivity index (χ4v) is 3.86. The summed E-state index contributed by atoms with van der Waals surface area (Å²) in [6.07, 6.45) is 3.94. The third-order valence-corrected chi connectivity index (χ3v) is 5.43. The van der Waals surface area contributed by atoms with Crippen LogP contribution in [-0.4, -0.2) is 56.0 Å². The molecular formula is C20H24FN5O2. The van der Waals surface area contributed by atoms with Crippen LogP contribution in [0.3, 0.4) is 0 Å². The van der Waals surface area contributed by atoms with Crippen molar-refractivity contribution in [1.29, 1.82) is 0 Å². The van der Waals surface area contributed by atoms with Gasteiger partial charge in [0.25, 0.3) is 0 Å². The van der Waals surface area contributed by atoms with Crippen LogP contribution in [0.15, 0.2) is 24.3 Å². The molecule has 0 spiro atoms. The Morgan fingerprint density at radius 1 is 1.11 bits per heavy atom. The van der Waals surface area contributed by atoms with Gasteiger partial charge in [0.2, 0.25) is 11.8 Å². The van der Waals surface area contributed by atoms with E-state index in [-0.39, 0.29) is 24.2 Å². The third-order valence-electron chi connectivity index (χ3n) is 5.43. The van der Waals surface area contributed by atoms with Crippen molar-refractivity contribution >= 4 is 11.8 Å². The average Bonchev–Trinajstić information content (AvgIpc) is 2.97. The largest absolute Gasteiger partial charge is 0.333 e. The van der Waals surface area contributed by atoms with Crippen molar-refractivity contribution in [1.82, 2.24) is 24.6 Å². The summed E-state index contributed by atoms with van der Waals surface area (Å²) in [5, 5.41) is 8.47. The van der Waals surface area contributed by atoms with Crippen molar-refractivity contribution in [2.24, 2.45) is 0 Å². The minimum atomic E-state index is -0.268. The van der Waals surface area contributed by atoms with Gasteiger partial charge >= 0.3 is 0 Å². The molecule has 2 aliphatic heterocycles. The molecule has 2 aromatic rings. The highest BCUT2D eigenvalue weighted by atomic mass is 19.1. The number of amides is 2. The van der Waals surface area contributed by atoms with E-state index >= 15 is 0 Å². The van der Waals surface area contributed by atoms with E-state index in [0.29, 0.717) is 39.0 Å². The summed E-state index contributed by atoms with van der Waals surface area (Å²) in [5.41, 5.74) is 0.841. The van der Waals surface area contributed by atoms with Gasteiger partial charge in [0.15, 0.2) is 5.82 Å². The molecule has 2 aliphatic rings. The molecule has 0 bridgehead atoms. The van der Waals surface area contributed by atoms with E-state index in [1.807, 2.05) is 10.6 Å². The molecule has 0 radical (unpaired) electrons. The maximum atomic E-state index is 13.4. The highest BCUT2D eigenvalue weighted by molar-refractivity contribution is 5.85. The lowest BCUT2D eigenvalue weighted by Crippen LogP contribution is -2.45. The normalized spacial score (nSPS) is 17.4. The first-order valence-electron chi connectivity index (χ1n) is 9.81. The lowest BCUT2D eigenvalue weighted by atomic mass is 10.1. The smallest absolute Gasteiger partial charge is 0.242 e. The van der Waals surface area contributed by atoms with Crippen LogP contribution in [0.25, 0.3) is 0 Å². The fraction of sp³-hybridized carbons (Fsp3) is 0.500. The van der Waals surface area contributed by atoms with E-state index < -0.39 is 0 Å². The van der Waals surface area contributed by atoms with Gasteiger partial charge in [-0.3, -0.25) is 9.59 Å². The number of likely N-dealkylation sites (tertiary alicyclic amines) is 1. The molecule has 1 aromatic heterocycles. The number of hydrogen-bond acceptors (Lipinski definition) is 4. The molecule has 0 N–H and O–H groups in total. The van der Waals surface area contributed by atoms with Gasteiger partial charge in [0.1, 0.15) is 11.6 Å². The first kappa shape index (κ1) is 18.6. The maximum absolute atomic E-state index is 13.4. The zero-order valence-electron chi connectivity index (χ0n) is 15.8. The summed E-state index contributed by atoms with van der Waals surface area (Å²) in [6, 6.07) is 6.46. The van der Waals surface area contributed by atoms with Crippen LogP contribution >= 0.6 is 0 Å². The van der Waals surface area contributed by atoms with Gasteiger partial charge in [-0.1, -0.05) is 18.6 Å². The van der Waals surface area contributed by atoms with Crippen molar-refractivity contribution in [3.8, 4) is 0 Å². The van der Waals surface area contributed by atoms with Gasteiger partial charge in [-0.05, 0) is 30.5 Å². The van der Waals surface area contributed by atoms with Gasteiger partial charge in [-0.25, -0.2) is 4.39 Å². The molecule has 1 aromatic carbocycles. The summed E-state index contributed by atoms with van der Waals surface area (Å²) in [5.74, 6) is 1.26. The maximum Gasteiger partial charge on any atom is 0.242 e. The molecular weight excluding hydrogens is 361 g/mol. The van der Waals surface area contributed by atoms with E-state index in [1.54, 1.807) is 15.9 Å². The zero-order valence-corrected chi connectivity index (χ0v) is 15.8. The predicted octanol–water partition coefficient (Wildman–Crippen LogP) is 1.75. The number of halogens is 1. The summed E-state index contributed by atoms with van der Waals surface area (Å²) >= 11 is 0. The third kappa shape index (κ3) is 4.05. The zero-order chi connectivity index (χ0) is 19.5. The molecule has 4 rings (SSSR count). The second kappa shape index (κ2) is 8.08. The molecule has 1 fully saturated rings. The van der Waals surface area contributed by atoms with Crippen molar-refractivity contribution in [3.05, 3.63) is 47.3 Å². The van der Waals surface area contributed by atoms with E-state index in [4.69, 9.17) is 0 Å². The molecule has 148 valence electrons. The molecule has 3 heterocycles. The second-order valence-electron chi connectivity index (χ2n) is 7.43. The lowest BCUT2D eigenvalue weighted by molar-refractivity contribution is -0.141. The van der Waals surface area contributed by atoms with E-state index in [9.17, 15) is 14.0 Å². The van der Waals surface area contributed by atoms with Crippen LogP contribution in [0.4, 0.5) is 4.39 Å². The Hall–Kier alpha value is -2.77. The molecule has 0 unspecified atom stereocenters.